The molecule has 2 rings (SSSR count). The van der Waals surface area contributed by atoms with Gasteiger partial charge in [0.15, 0.2) is 0 Å². The standard InChI is InChI=1S/C13H21N3O3/c1-2-12-10-15(5-6-19-12)8-11-7-14-16(9-11)4-3-13(17)18/h7,9,12H,2-6,8,10H2,1H3,(H,17,18). The van der Waals surface area contributed by atoms with Crippen molar-refractivity contribution >= 4 is 5.97 Å². The molecule has 1 unspecified atom stereocenters. The van der Waals surface area contributed by atoms with Crippen molar-refractivity contribution in [1.82, 2.24) is 14.7 Å². The molecule has 6 nitrogen and oxygen atoms in total. The molecular weight excluding hydrogens is 246 g/mol. The Labute approximate surface area is 113 Å². The quantitative estimate of drug-likeness (QED) is 0.831. The number of carbonyl (C=O) groups is 1. The summed E-state index contributed by atoms with van der Waals surface area (Å²) >= 11 is 0. The first kappa shape index (κ1) is 14.0. The van der Waals surface area contributed by atoms with Gasteiger partial charge in [0.1, 0.15) is 0 Å². The van der Waals surface area contributed by atoms with E-state index in [0.29, 0.717) is 12.6 Å². The molecule has 2 heterocycles. The van der Waals surface area contributed by atoms with Gasteiger partial charge in [-0.3, -0.25) is 14.4 Å². The van der Waals surface area contributed by atoms with Crippen molar-refractivity contribution in [3.05, 3.63) is 18.0 Å². The maximum absolute atomic E-state index is 10.5. The summed E-state index contributed by atoms with van der Waals surface area (Å²) in [5.41, 5.74) is 1.13. The van der Waals surface area contributed by atoms with Crippen LogP contribution in [0.5, 0.6) is 0 Å². The van der Waals surface area contributed by atoms with Crippen molar-refractivity contribution in [2.24, 2.45) is 0 Å². The number of hydrogen-bond acceptors (Lipinski definition) is 4. The summed E-state index contributed by atoms with van der Waals surface area (Å²) in [5, 5.41) is 12.8. The van der Waals surface area contributed by atoms with Crippen molar-refractivity contribution in [1.29, 1.82) is 0 Å². The summed E-state index contributed by atoms with van der Waals surface area (Å²) in [6.45, 7) is 6.10. The summed E-state index contributed by atoms with van der Waals surface area (Å²) in [4.78, 5) is 12.9. The van der Waals surface area contributed by atoms with Crippen molar-refractivity contribution < 1.29 is 14.6 Å². The van der Waals surface area contributed by atoms with Crippen LogP contribution in [-0.2, 0) is 22.6 Å². The number of rotatable bonds is 6. The maximum Gasteiger partial charge on any atom is 0.305 e. The molecule has 1 fully saturated rings. The highest BCUT2D eigenvalue weighted by atomic mass is 16.5. The van der Waals surface area contributed by atoms with E-state index in [-0.39, 0.29) is 6.42 Å². The Morgan fingerprint density at radius 3 is 3.21 bits per heavy atom. The van der Waals surface area contributed by atoms with Crippen LogP contribution in [0, 0.1) is 0 Å². The van der Waals surface area contributed by atoms with Crippen LogP contribution in [-0.4, -0.2) is 51.6 Å². The minimum absolute atomic E-state index is 0.108. The third kappa shape index (κ3) is 4.33. The van der Waals surface area contributed by atoms with E-state index in [2.05, 4.69) is 16.9 Å². The van der Waals surface area contributed by atoms with Crippen molar-refractivity contribution in [2.45, 2.75) is 39.0 Å². The second-order valence-corrected chi connectivity index (χ2v) is 4.89. The predicted octanol–water partition coefficient (Wildman–Crippen LogP) is 0.969. The summed E-state index contributed by atoms with van der Waals surface area (Å²) in [6.07, 6.45) is 5.22. The number of hydrogen-bond donors (Lipinski definition) is 1. The monoisotopic (exact) mass is 267 g/mol. The number of ether oxygens (including phenoxy) is 1. The van der Waals surface area contributed by atoms with Gasteiger partial charge in [-0.05, 0) is 6.42 Å². The molecule has 106 valence electrons. The number of nitrogens with zero attached hydrogens (tertiary/aromatic N) is 3. The molecule has 1 aromatic heterocycles. The van der Waals surface area contributed by atoms with Crippen LogP contribution in [0.15, 0.2) is 12.4 Å². The van der Waals surface area contributed by atoms with Gasteiger partial charge in [0.05, 0.1) is 31.9 Å². The van der Waals surface area contributed by atoms with Crippen LogP contribution in [0.4, 0.5) is 0 Å². The Bertz CT molecular complexity index is 419. The Kier molecular flexibility index (Phi) is 4.93. The predicted molar refractivity (Wildman–Crippen MR) is 69.8 cm³/mol. The molecule has 0 saturated carbocycles. The summed E-state index contributed by atoms with van der Waals surface area (Å²) in [6, 6.07) is 0. The highest BCUT2D eigenvalue weighted by Crippen LogP contribution is 2.12. The van der Waals surface area contributed by atoms with Gasteiger partial charge in [-0.2, -0.15) is 5.10 Å². The van der Waals surface area contributed by atoms with E-state index in [1.807, 2.05) is 12.4 Å². The zero-order valence-electron chi connectivity index (χ0n) is 11.3. The number of aromatic nitrogens is 2. The van der Waals surface area contributed by atoms with Gasteiger partial charge in [-0.1, -0.05) is 6.92 Å². The van der Waals surface area contributed by atoms with Crippen LogP contribution in [0.1, 0.15) is 25.3 Å². The van der Waals surface area contributed by atoms with Gasteiger partial charge < -0.3 is 9.84 Å². The molecule has 0 radical (unpaired) electrons. The average molecular weight is 267 g/mol. The number of carboxylic acid groups (broad SMARTS) is 1. The smallest absolute Gasteiger partial charge is 0.305 e. The minimum Gasteiger partial charge on any atom is -0.481 e. The van der Waals surface area contributed by atoms with Gasteiger partial charge in [0.25, 0.3) is 0 Å². The molecule has 0 aromatic carbocycles. The lowest BCUT2D eigenvalue weighted by Crippen LogP contribution is -2.41. The number of morpholine rings is 1. The Morgan fingerprint density at radius 1 is 1.63 bits per heavy atom. The molecule has 1 aliphatic heterocycles. The molecule has 0 amide bonds. The number of aryl methyl sites for hydroxylation is 1. The van der Waals surface area contributed by atoms with E-state index in [1.54, 1.807) is 4.68 Å². The molecule has 1 aliphatic rings. The molecule has 0 bridgehead atoms. The van der Waals surface area contributed by atoms with Crippen LogP contribution < -0.4 is 0 Å². The van der Waals surface area contributed by atoms with E-state index in [4.69, 9.17) is 9.84 Å². The van der Waals surface area contributed by atoms with Gasteiger partial charge in [0.2, 0.25) is 0 Å². The first-order valence-electron chi connectivity index (χ1n) is 6.74. The lowest BCUT2D eigenvalue weighted by molar-refractivity contribution is -0.137. The van der Waals surface area contributed by atoms with Crippen LogP contribution >= 0.6 is 0 Å². The molecule has 0 spiro atoms. The summed E-state index contributed by atoms with van der Waals surface area (Å²) in [7, 11) is 0. The van der Waals surface area contributed by atoms with Gasteiger partial charge >= 0.3 is 5.97 Å². The minimum atomic E-state index is -0.795. The molecule has 1 N–H and O–H groups in total. The van der Waals surface area contributed by atoms with Crippen molar-refractivity contribution in [2.75, 3.05) is 19.7 Å². The molecule has 19 heavy (non-hydrogen) atoms. The lowest BCUT2D eigenvalue weighted by Gasteiger charge is -2.32. The highest BCUT2D eigenvalue weighted by Gasteiger charge is 2.19. The van der Waals surface area contributed by atoms with Crippen molar-refractivity contribution in [3.8, 4) is 0 Å². The largest absolute Gasteiger partial charge is 0.481 e. The number of aliphatic carboxylic acids is 1. The van der Waals surface area contributed by atoms with Crippen LogP contribution in [0.2, 0.25) is 0 Å². The summed E-state index contributed by atoms with van der Waals surface area (Å²) < 4.78 is 7.33. The first-order chi connectivity index (χ1) is 9.17. The van der Waals surface area contributed by atoms with Gasteiger partial charge in [-0.15, -0.1) is 0 Å². The third-order valence-corrected chi connectivity index (χ3v) is 3.33. The van der Waals surface area contributed by atoms with E-state index in [0.717, 1.165) is 38.2 Å². The van der Waals surface area contributed by atoms with Crippen LogP contribution in [0.25, 0.3) is 0 Å². The second kappa shape index (κ2) is 6.68. The third-order valence-electron chi connectivity index (χ3n) is 3.33. The zero-order valence-corrected chi connectivity index (χ0v) is 11.3. The fraction of sp³-hybridized carbons (Fsp3) is 0.692. The summed E-state index contributed by atoms with van der Waals surface area (Å²) in [5.74, 6) is -0.795. The van der Waals surface area contributed by atoms with Gasteiger partial charge in [0, 0.05) is 31.4 Å². The fourth-order valence-corrected chi connectivity index (χ4v) is 2.25. The Morgan fingerprint density at radius 2 is 2.47 bits per heavy atom. The van der Waals surface area contributed by atoms with E-state index >= 15 is 0 Å². The Balaban J connectivity index is 1.83. The SMILES string of the molecule is CCC1CN(Cc2cnn(CCC(=O)O)c2)CCO1. The normalized spacial score (nSPS) is 20.6. The molecule has 0 aliphatic carbocycles. The first-order valence-corrected chi connectivity index (χ1v) is 6.74. The molecule has 1 atom stereocenters. The molecule has 1 aromatic rings. The average Bonchev–Trinajstić information content (AvgIpc) is 2.84. The second-order valence-electron chi connectivity index (χ2n) is 4.89. The van der Waals surface area contributed by atoms with E-state index in [9.17, 15) is 4.79 Å². The van der Waals surface area contributed by atoms with Crippen molar-refractivity contribution in [3.63, 3.8) is 0 Å². The van der Waals surface area contributed by atoms with Crippen LogP contribution in [0.3, 0.4) is 0 Å². The lowest BCUT2D eigenvalue weighted by atomic mass is 10.2. The zero-order chi connectivity index (χ0) is 13.7. The molecule has 1 saturated heterocycles. The topological polar surface area (TPSA) is 67.6 Å². The van der Waals surface area contributed by atoms with E-state index < -0.39 is 5.97 Å². The number of carboxylic acids is 1. The Hall–Kier alpha value is -1.40. The van der Waals surface area contributed by atoms with Gasteiger partial charge in [-0.25, -0.2) is 0 Å². The van der Waals surface area contributed by atoms with E-state index in [1.165, 1.54) is 0 Å². The fourth-order valence-electron chi connectivity index (χ4n) is 2.25. The molecular formula is C13H21N3O3. The highest BCUT2D eigenvalue weighted by molar-refractivity contribution is 5.66. The molecule has 6 heteroatoms. The maximum atomic E-state index is 10.5.